The molecule has 1 aromatic carbocycles. The monoisotopic (exact) mass is 477 g/mol. The fraction of sp³-hybridized carbons (Fsp3) is 0.462. The highest BCUT2D eigenvalue weighted by molar-refractivity contribution is 5.91. The van der Waals surface area contributed by atoms with Crippen LogP contribution >= 0.6 is 0 Å². The molecule has 0 aliphatic carbocycles. The van der Waals surface area contributed by atoms with Crippen molar-refractivity contribution in [1.82, 2.24) is 25.2 Å². The lowest BCUT2D eigenvalue weighted by Crippen LogP contribution is -2.51. The van der Waals surface area contributed by atoms with Crippen molar-refractivity contribution in [2.24, 2.45) is 0 Å². The van der Waals surface area contributed by atoms with Gasteiger partial charge in [0.25, 0.3) is 0 Å². The van der Waals surface area contributed by atoms with Gasteiger partial charge >= 0.3 is 6.03 Å². The van der Waals surface area contributed by atoms with Gasteiger partial charge in [-0.15, -0.1) is 0 Å². The van der Waals surface area contributed by atoms with Gasteiger partial charge in [0.15, 0.2) is 0 Å². The predicted molar refractivity (Wildman–Crippen MR) is 140 cm³/mol. The summed E-state index contributed by atoms with van der Waals surface area (Å²) < 4.78 is 6.31. The molecule has 0 saturated carbocycles. The van der Waals surface area contributed by atoms with Crippen LogP contribution in [0.4, 0.5) is 22.1 Å². The van der Waals surface area contributed by atoms with E-state index < -0.39 is 0 Å². The number of benzene rings is 1. The van der Waals surface area contributed by atoms with Crippen LogP contribution in [0.3, 0.4) is 0 Å². The molecular weight excluding hydrogens is 442 g/mol. The first kappa shape index (κ1) is 24.5. The molecule has 9 heteroatoms. The minimum Gasteiger partial charge on any atom is -0.490 e. The van der Waals surface area contributed by atoms with E-state index in [9.17, 15) is 4.79 Å². The van der Waals surface area contributed by atoms with Gasteiger partial charge in [-0.05, 0) is 57.5 Å². The average Bonchev–Trinajstić information content (AvgIpc) is 2.80. The van der Waals surface area contributed by atoms with Gasteiger partial charge in [-0.25, -0.2) is 19.7 Å². The van der Waals surface area contributed by atoms with E-state index in [0.29, 0.717) is 13.1 Å². The molecule has 0 bridgehead atoms. The molecule has 9 nitrogen and oxygen atoms in total. The van der Waals surface area contributed by atoms with Crippen LogP contribution in [0, 0.1) is 6.92 Å². The summed E-state index contributed by atoms with van der Waals surface area (Å²) in [6.45, 7) is 9.40. The molecule has 2 amide bonds. The van der Waals surface area contributed by atoms with E-state index in [1.807, 2.05) is 69.8 Å². The fourth-order valence-corrected chi connectivity index (χ4v) is 4.04. The molecule has 1 aliphatic rings. The molecule has 1 saturated heterocycles. The first-order valence-corrected chi connectivity index (χ1v) is 12.0. The van der Waals surface area contributed by atoms with Crippen LogP contribution in [0.15, 0.2) is 36.8 Å². The van der Waals surface area contributed by atoms with Crippen molar-refractivity contribution in [2.45, 2.75) is 52.2 Å². The Kier molecular flexibility index (Phi) is 6.95. The number of piperidine rings is 1. The van der Waals surface area contributed by atoms with E-state index in [1.165, 1.54) is 0 Å². The maximum Gasteiger partial charge on any atom is 0.317 e. The topological polar surface area (TPSA) is 95.5 Å². The molecule has 0 spiro atoms. The van der Waals surface area contributed by atoms with E-state index in [2.05, 4.69) is 31.7 Å². The quantitative estimate of drug-likeness (QED) is 0.559. The SMILES string of the molecule is Cc1cc(Nc2ncnc3cnc(N(C)C)cc23)ccc1OC1CCN(C(=O)NC(C)(C)C)CC1. The molecule has 4 rings (SSSR count). The smallest absolute Gasteiger partial charge is 0.317 e. The van der Waals surface area contributed by atoms with E-state index in [0.717, 1.165) is 52.4 Å². The van der Waals surface area contributed by atoms with Crippen LogP contribution in [-0.4, -0.2) is 64.7 Å². The Morgan fingerprint density at radius 3 is 2.51 bits per heavy atom. The van der Waals surface area contributed by atoms with Crippen molar-refractivity contribution in [1.29, 1.82) is 0 Å². The van der Waals surface area contributed by atoms with Gasteiger partial charge in [0, 0.05) is 56.6 Å². The van der Waals surface area contributed by atoms with E-state index in [-0.39, 0.29) is 17.7 Å². The maximum atomic E-state index is 12.4. The zero-order valence-corrected chi connectivity index (χ0v) is 21.4. The normalized spacial score (nSPS) is 14.6. The summed E-state index contributed by atoms with van der Waals surface area (Å²) in [5.74, 6) is 2.44. The van der Waals surface area contributed by atoms with Gasteiger partial charge in [0.1, 0.15) is 29.8 Å². The number of likely N-dealkylation sites (tertiary alicyclic amines) is 1. The number of anilines is 3. The third-order valence-electron chi connectivity index (χ3n) is 5.91. The number of nitrogens with one attached hydrogen (secondary N) is 2. The number of urea groups is 1. The van der Waals surface area contributed by atoms with Crippen LogP contribution in [0.2, 0.25) is 0 Å². The van der Waals surface area contributed by atoms with Crippen molar-refractivity contribution < 1.29 is 9.53 Å². The number of aryl methyl sites for hydroxylation is 1. The zero-order valence-electron chi connectivity index (χ0n) is 21.4. The Morgan fingerprint density at radius 2 is 1.86 bits per heavy atom. The summed E-state index contributed by atoms with van der Waals surface area (Å²) in [6, 6.07) is 8.02. The number of ether oxygens (including phenoxy) is 1. The van der Waals surface area contributed by atoms with Gasteiger partial charge in [-0.2, -0.15) is 0 Å². The zero-order chi connectivity index (χ0) is 25.2. The second-order valence-electron chi connectivity index (χ2n) is 10.3. The van der Waals surface area contributed by atoms with Gasteiger partial charge in [-0.1, -0.05) is 0 Å². The predicted octanol–water partition coefficient (Wildman–Crippen LogP) is 4.49. The number of carbonyl (C=O) groups is 1. The maximum absolute atomic E-state index is 12.4. The van der Waals surface area contributed by atoms with Crippen LogP contribution in [0.25, 0.3) is 10.9 Å². The molecule has 0 atom stereocenters. The molecule has 186 valence electrons. The van der Waals surface area contributed by atoms with E-state index in [4.69, 9.17) is 4.74 Å². The molecule has 2 N–H and O–H groups in total. The Bertz CT molecular complexity index is 1200. The van der Waals surface area contributed by atoms with Crippen LogP contribution in [-0.2, 0) is 0 Å². The number of pyridine rings is 1. The van der Waals surface area contributed by atoms with Crippen molar-refractivity contribution >= 4 is 34.3 Å². The Morgan fingerprint density at radius 1 is 1.11 bits per heavy atom. The molecule has 0 radical (unpaired) electrons. The number of hydrogen-bond donors (Lipinski definition) is 2. The van der Waals surface area contributed by atoms with Crippen molar-refractivity contribution in [2.75, 3.05) is 37.4 Å². The lowest BCUT2D eigenvalue weighted by molar-refractivity contribution is 0.108. The summed E-state index contributed by atoms with van der Waals surface area (Å²) in [5, 5.41) is 7.36. The minimum absolute atomic E-state index is 0.00622. The third-order valence-corrected chi connectivity index (χ3v) is 5.91. The second-order valence-corrected chi connectivity index (χ2v) is 10.3. The minimum atomic E-state index is -0.235. The molecule has 35 heavy (non-hydrogen) atoms. The first-order valence-electron chi connectivity index (χ1n) is 12.0. The molecule has 1 fully saturated rings. The highest BCUT2D eigenvalue weighted by atomic mass is 16.5. The second kappa shape index (κ2) is 9.93. The lowest BCUT2D eigenvalue weighted by atomic mass is 10.1. The third kappa shape index (κ3) is 6.09. The molecule has 3 heterocycles. The highest BCUT2D eigenvalue weighted by Crippen LogP contribution is 2.29. The molecule has 2 aromatic heterocycles. The van der Waals surface area contributed by atoms with Crippen molar-refractivity contribution in [3.05, 3.63) is 42.4 Å². The van der Waals surface area contributed by atoms with Gasteiger partial charge in [0.2, 0.25) is 0 Å². The number of hydrogen-bond acceptors (Lipinski definition) is 7. The number of nitrogens with zero attached hydrogens (tertiary/aromatic N) is 5. The number of fused-ring (bicyclic) bond motifs is 1. The largest absolute Gasteiger partial charge is 0.490 e. The highest BCUT2D eigenvalue weighted by Gasteiger charge is 2.26. The van der Waals surface area contributed by atoms with Crippen LogP contribution < -0.4 is 20.3 Å². The summed E-state index contributed by atoms with van der Waals surface area (Å²) in [7, 11) is 3.91. The van der Waals surface area contributed by atoms with Gasteiger partial charge in [0.05, 0.1) is 11.7 Å². The summed E-state index contributed by atoms with van der Waals surface area (Å²) in [6.07, 6.45) is 5.02. The number of rotatable bonds is 5. The van der Waals surface area contributed by atoms with E-state index in [1.54, 1.807) is 12.5 Å². The van der Waals surface area contributed by atoms with Gasteiger partial charge < -0.3 is 25.2 Å². The first-order chi connectivity index (χ1) is 16.6. The standard InChI is InChI=1S/C26H35N7O2/c1-17-13-18(30-24-20-14-23(32(5)6)27-15-21(20)28-16-29-24)7-8-22(17)35-19-9-11-33(12-10-19)25(34)31-26(2,3)4/h7-8,13-16,19H,9-12H2,1-6H3,(H,31,34)(H,28,29,30). The Balaban J connectivity index is 1.40. The fourth-order valence-electron chi connectivity index (χ4n) is 4.04. The van der Waals surface area contributed by atoms with Crippen molar-refractivity contribution in [3.8, 4) is 5.75 Å². The Labute approximate surface area is 206 Å². The number of carbonyl (C=O) groups excluding carboxylic acids is 1. The van der Waals surface area contributed by atoms with Crippen LogP contribution in [0.1, 0.15) is 39.2 Å². The summed E-state index contributed by atoms with van der Waals surface area (Å²) in [5.41, 5.74) is 2.51. The molecule has 3 aromatic rings. The van der Waals surface area contributed by atoms with Gasteiger partial charge in [-0.3, -0.25) is 0 Å². The molecular formula is C26H35N7O2. The number of aromatic nitrogens is 3. The molecule has 0 unspecified atom stereocenters. The summed E-state index contributed by atoms with van der Waals surface area (Å²) in [4.78, 5) is 29.4. The van der Waals surface area contributed by atoms with Crippen molar-refractivity contribution in [3.63, 3.8) is 0 Å². The van der Waals surface area contributed by atoms with Crippen LogP contribution in [0.5, 0.6) is 5.75 Å². The number of amides is 2. The molecule has 1 aliphatic heterocycles. The average molecular weight is 478 g/mol. The Hall–Kier alpha value is -3.62. The van der Waals surface area contributed by atoms with E-state index >= 15 is 0 Å². The summed E-state index contributed by atoms with van der Waals surface area (Å²) >= 11 is 0. The lowest BCUT2D eigenvalue weighted by Gasteiger charge is -2.34.